The van der Waals surface area contributed by atoms with Crippen LogP contribution >= 0.6 is 27.5 Å². The number of morpholine rings is 1. The monoisotopic (exact) mass is 422 g/mol. The van der Waals surface area contributed by atoms with Gasteiger partial charge in [-0.25, -0.2) is 0 Å². The van der Waals surface area contributed by atoms with Gasteiger partial charge in [0, 0.05) is 28.7 Å². The second-order valence-corrected chi connectivity index (χ2v) is 6.88. The number of amides is 2. The van der Waals surface area contributed by atoms with E-state index in [0.717, 1.165) is 4.47 Å². The van der Waals surface area contributed by atoms with Gasteiger partial charge in [0.05, 0.1) is 23.9 Å². The molecule has 1 heterocycles. The summed E-state index contributed by atoms with van der Waals surface area (Å²) in [6, 6.07) is 11.9. The van der Waals surface area contributed by atoms with Crippen LogP contribution in [0.2, 0.25) is 5.02 Å². The van der Waals surface area contributed by atoms with Crippen molar-refractivity contribution < 1.29 is 14.3 Å². The highest BCUT2D eigenvalue weighted by atomic mass is 79.9. The number of hydrogen-bond donors (Lipinski definition) is 1. The minimum absolute atomic E-state index is 0.0980. The molecule has 2 amide bonds. The van der Waals surface area contributed by atoms with Gasteiger partial charge in [0.2, 0.25) is 0 Å². The number of anilines is 1. The van der Waals surface area contributed by atoms with Crippen LogP contribution in [-0.4, -0.2) is 43.0 Å². The Morgan fingerprint density at radius 2 is 1.68 bits per heavy atom. The summed E-state index contributed by atoms with van der Waals surface area (Å²) in [5, 5.41) is 3.14. The summed E-state index contributed by atoms with van der Waals surface area (Å²) < 4.78 is 6.15. The fourth-order valence-corrected chi connectivity index (χ4v) is 2.93. The van der Waals surface area contributed by atoms with Crippen LogP contribution < -0.4 is 5.32 Å². The second kappa shape index (κ2) is 7.99. The molecule has 25 heavy (non-hydrogen) atoms. The summed E-state index contributed by atoms with van der Waals surface area (Å²) in [6.07, 6.45) is 0. The summed E-state index contributed by atoms with van der Waals surface area (Å²) in [7, 11) is 0. The van der Waals surface area contributed by atoms with Gasteiger partial charge in [0.1, 0.15) is 0 Å². The smallest absolute Gasteiger partial charge is 0.255 e. The molecular weight excluding hydrogens is 408 g/mol. The largest absolute Gasteiger partial charge is 0.378 e. The lowest BCUT2D eigenvalue weighted by molar-refractivity contribution is 0.0303. The van der Waals surface area contributed by atoms with Gasteiger partial charge in [-0.05, 0) is 42.5 Å². The molecule has 130 valence electrons. The van der Waals surface area contributed by atoms with Crippen LogP contribution in [0.4, 0.5) is 5.69 Å². The van der Waals surface area contributed by atoms with Gasteiger partial charge in [-0.1, -0.05) is 27.5 Å². The van der Waals surface area contributed by atoms with E-state index in [1.165, 1.54) is 0 Å². The van der Waals surface area contributed by atoms with E-state index in [4.69, 9.17) is 16.3 Å². The molecule has 1 saturated heterocycles. The normalized spacial score (nSPS) is 14.2. The number of carbonyl (C=O) groups excluding carboxylic acids is 2. The lowest BCUT2D eigenvalue weighted by Gasteiger charge is -2.27. The highest BCUT2D eigenvalue weighted by Gasteiger charge is 2.20. The molecule has 0 aliphatic carbocycles. The molecule has 0 bridgehead atoms. The van der Waals surface area contributed by atoms with Gasteiger partial charge in [-0.15, -0.1) is 0 Å². The first-order valence-corrected chi connectivity index (χ1v) is 8.95. The van der Waals surface area contributed by atoms with E-state index in [9.17, 15) is 9.59 Å². The fourth-order valence-electron chi connectivity index (χ4n) is 2.50. The predicted molar refractivity (Wildman–Crippen MR) is 100 cm³/mol. The summed E-state index contributed by atoms with van der Waals surface area (Å²) in [4.78, 5) is 26.7. The Morgan fingerprint density at radius 1 is 1.04 bits per heavy atom. The van der Waals surface area contributed by atoms with E-state index in [1.807, 2.05) is 0 Å². The second-order valence-electron chi connectivity index (χ2n) is 5.56. The summed E-state index contributed by atoms with van der Waals surface area (Å²) in [5.41, 5.74) is 1.40. The van der Waals surface area contributed by atoms with E-state index >= 15 is 0 Å². The number of nitrogens with one attached hydrogen (secondary N) is 1. The Labute approximate surface area is 159 Å². The first-order valence-electron chi connectivity index (χ1n) is 7.78. The van der Waals surface area contributed by atoms with Crippen LogP contribution in [0, 0.1) is 0 Å². The molecule has 0 radical (unpaired) electrons. The van der Waals surface area contributed by atoms with Crippen molar-refractivity contribution in [3.63, 3.8) is 0 Å². The molecule has 5 nitrogen and oxygen atoms in total. The molecule has 2 aromatic rings. The molecule has 2 aromatic carbocycles. The van der Waals surface area contributed by atoms with Gasteiger partial charge in [0.25, 0.3) is 11.8 Å². The van der Waals surface area contributed by atoms with E-state index in [1.54, 1.807) is 47.4 Å². The standard InChI is InChI=1S/C18H16BrClN2O3/c19-14-4-1-12(2-5-14)17(23)21-16-11-13(3-6-15(16)20)18(24)22-7-9-25-10-8-22/h1-6,11H,7-10H2,(H,21,23). The lowest BCUT2D eigenvalue weighted by Crippen LogP contribution is -2.40. The van der Waals surface area contributed by atoms with Crippen LogP contribution in [-0.2, 0) is 4.74 Å². The molecule has 1 fully saturated rings. The average molecular weight is 424 g/mol. The van der Waals surface area contributed by atoms with Gasteiger partial charge >= 0.3 is 0 Å². The third-order valence-electron chi connectivity index (χ3n) is 3.87. The molecule has 1 N–H and O–H groups in total. The fraction of sp³-hybridized carbons (Fsp3) is 0.222. The summed E-state index contributed by atoms with van der Waals surface area (Å²) >= 11 is 9.51. The van der Waals surface area contributed by atoms with Crippen molar-refractivity contribution in [3.8, 4) is 0 Å². The maximum absolute atomic E-state index is 12.6. The molecule has 0 aromatic heterocycles. The third kappa shape index (κ3) is 4.39. The molecule has 0 unspecified atom stereocenters. The van der Waals surface area contributed by atoms with Crippen LogP contribution in [0.3, 0.4) is 0 Å². The molecule has 3 rings (SSSR count). The number of benzene rings is 2. The number of nitrogens with zero attached hydrogens (tertiary/aromatic N) is 1. The van der Waals surface area contributed by atoms with Crippen LogP contribution in [0.1, 0.15) is 20.7 Å². The number of ether oxygens (including phenoxy) is 1. The van der Waals surface area contributed by atoms with E-state index < -0.39 is 0 Å². The van der Waals surface area contributed by atoms with Gasteiger partial charge < -0.3 is 15.0 Å². The Bertz CT molecular complexity index is 789. The van der Waals surface area contributed by atoms with Crippen LogP contribution in [0.5, 0.6) is 0 Å². The molecule has 1 aliphatic rings. The minimum atomic E-state index is -0.287. The van der Waals surface area contributed by atoms with Crippen molar-refractivity contribution in [3.05, 3.63) is 63.1 Å². The maximum atomic E-state index is 12.6. The molecule has 7 heteroatoms. The summed E-state index contributed by atoms with van der Waals surface area (Å²) in [5.74, 6) is -0.385. The van der Waals surface area contributed by atoms with E-state index in [2.05, 4.69) is 21.2 Å². The minimum Gasteiger partial charge on any atom is -0.378 e. The van der Waals surface area contributed by atoms with Gasteiger partial charge in [0.15, 0.2) is 0 Å². The average Bonchev–Trinajstić information content (AvgIpc) is 2.64. The van der Waals surface area contributed by atoms with Gasteiger partial charge in [-0.2, -0.15) is 0 Å². The van der Waals surface area contributed by atoms with Crippen LogP contribution in [0.25, 0.3) is 0 Å². The van der Waals surface area contributed by atoms with Crippen molar-refractivity contribution in [2.24, 2.45) is 0 Å². The summed E-state index contributed by atoms with van der Waals surface area (Å²) in [6.45, 7) is 2.18. The third-order valence-corrected chi connectivity index (χ3v) is 4.72. The van der Waals surface area contributed by atoms with Crippen molar-refractivity contribution in [1.82, 2.24) is 4.90 Å². The zero-order valence-corrected chi connectivity index (χ0v) is 15.6. The molecule has 0 atom stereocenters. The Balaban J connectivity index is 1.78. The zero-order chi connectivity index (χ0) is 17.8. The molecule has 1 aliphatic heterocycles. The number of hydrogen-bond acceptors (Lipinski definition) is 3. The van der Waals surface area contributed by atoms with Crippen molar-refractivity contribution in [2.45, 2.75) is 0 Å². The Kier molecular flexibility index (Phi) is 5.73. The Morgan fingerprint density at radius 3 is 2.36 bits per heavy atom. The zero-order valence-electron chi connectivity index (χ0n) is 13.3. The lowest BCUT2D eigenvalue weighted by atomic mass is 10.1. The van der Waals surface area contributed by atoms with Crippen molar-refractivity contribution >= 4 is 45.0 Å². The SMILES string of the molecule is O=C(Nc1cc(C(=O)N2CCOCC2)ccc1Cl)c1ccc(Br)cc1. The molecule has 0 saturated carbocycles. The number of rotatable bonds is 3. The maximum Gasteiger partial charge on any atom is 0.255 e. The van der Waals surface area contributed by atoms with Gasteiger partial charge in [-0.3, -0.25) is 9.59 Å². The molecule has 0 spiro atoms. The van der Waals surface area contributed by atoms with E-state index in [0.29, 0.717) is 48.1 Å². The first kappa shape index (κ1) is 17.9. The highest BCUT2D eigenvalue weighted by Crippen LogP contribution is 2.25. The quantitative estimate of drug-likeness (QED) is 0.816. The van der Waals surface area contributed by atoms with Crippen molar-refractivity contribution in [1.29, 1.82) is 0 Å². The van der Waals surface area contributed by atoms with Crippen molar-refractivity contribution in [2.75, 3.05) is 31.6 Å². The Hall–Kier alpha value is -1.89. The number of carbonyl (C=O) groups is 2. The highest BCUT2D eigenvalue weighted by molar-refractivity contribution is 9.10. The number of halogens is 2. The predicted octanol–water partition coefficient (Wildman–Crippen LogP) is 3.83. The topological polar surface area (TPSA) is 58.6 Å². The first-order chi connectivity index (χ1) is 12.0. The molecular formula is C18H16BrClN2O3. The van der Waals surface area contributed by atoms with Crippen LogP contribution in [0.15, 0.2) is 46.9 Å². The van der Waals surface area contributed by atoms with E-state index in [-0.39, 0.29) is 11.8 Å².